The van der Waals surface area contributed by atoms with Crippen LogP contribution in [0.5, 0.6) is 0 Å². The summed E-state index contributed by atoms with van der Waals surface area (Å²) in [6.45, 7) is 7.28. The quantitative estimate of drug-likeness (QED) is 0.869. The van der Waals surface area contributed by atoms with E-state index in [1.54, 1.807) is 0 Å². The van der Waals surface area contributed by atoms with Crippen LogP contribution < -0.4 is 5.32 Å². The maximum atomic E-state index is 4.35. The first kappa shape index (κ1) is 13.6. The lowest BCUT2D eigenvalue weighted by Crippen LogP contribution is -2.32. The summed E-state index contributed by atoms with van der Waals surface area (Å²) in [6, 6.07) is 4.64. The lowest BCUT2D eigenvalue weighted by molar-refractivity contribution is 0.316. The normalized spacial score (nSPS) is 11.4. The predicted octanol–water partition coefficient (Wildman–Crippen LogP) is 2.27. The van der Waals surface area contributed by atoms with Crippen molar-refractivity contribution in [1.29, 1.82) is 0 Å². The fourth-order valence-electron chi connectivity index (χ4n) is 1.40. The highest BCUT2D eigenvalue weighted by molar-refractivity contribution is 9.10. The minimum Gasteiger partial charge on any atom is -0.313 e. The number of aromatic nitrogens is 1. The van der Waals surface area contributed by atoms with E-state index in [1.807, 2.05) is 12.3 Å². The Kier molecular flexibility index (Phi) is 5.95. The zero-order valence-corrected chi connectivity index (χ0v) is 11.8. The fraction of sp³-hybridized carbons (Fsp3) is 0.583. The lowest BCUT2D eigenvalue weighted by atomic mass is 10.3. The number of rotatable bonds is 6. The van der Waals surface area contributed by atoms with Gasteiger partial charge in [-0.1, -0.05) is 13.8 Å². The van der Waals surface area contributed by atoms with Gasteiger partial charge in [-0.15, -0.1) is 0 Å². The fourth-order valence-corrected chi connectivity index (χ4v) is 1.63. The largest absolute Gasteiger partial charge is 0.313 e. The predicted molar refractivity (Wildman–Crippen MR) is 71.4 cm³/mol. The Labute approximate surface area is 106 Å². The number of hydrogen-bond donors (Lipinski definition) is 1. The van der Waals surface area contributed by atoms with Crippen molar-refractivity contribution in [1.82, 2.24) is 15.2 Å². The summed E-state index contributed by atoms with van der Waals surface area (Å²) in [5.74, 6) is 0. The number of hydrogen-bond acceptors (Lipinski definition) is 3. The molecule has 1 N–H and O–H groups in total. The van der Waals surface area contributed by atoms with Crippen molar-refractivity contribution in [2.45, 2.75) is 26.4 Å². The first-order valence-corrected chi connectivity index (χ1v) is 6.39. The first-order chi connectivity index (χ1) is 7.58. The number of nitrogens with one attached hydrogen (secondary N) is 1. The zero-order chi connectivity index (χ0) is 12.0. The molecule has 90 valence electrons. The van der Waals surface area contributed by atoms with Gasteiger partial charge in [-0.2, -0.15) is 0 Å². The van der Waals surface area contributed by atoms with Crippen LogP contribution in [0.25, 0.3) is 0 Å². The van der Waals surface area contributed by atoms with Crippen LogP contribution in [-0.4, -0.2) is 36.1 Å². The maximum Gasteiger partial charge on any atom is 0.0544 e. The van der Waals surface area contributed by atoms with E-state index in [0.717, 1.165) is 29.8 Å². The Bertz CT molecular complexity index is 298. The molecule has 0 fully saturated rings. The van der Waals surface area contributed by atoms with Crippen LogP contribution >= 0.6 is 15.9 Å². The van der Waals surface area contributed by atoms with Crippen LogP contribution in [0.15, 0.2) is 22.8 Å². The Balaban J connectivity index is 2.28. The molecule has 0 unspecified atom stereocenters. The number of likely N-dealkylation sites (N-methyl/N-ethyl adjacent to an activating group) is 1. The third-order valence-corrected chi connectivity index (χ3v) is 2.74. The molecular formula is C12H20BrN3. The van der Waals surface area contributed by atoms with Gasteiger partial charge in [-0.3, -0.25) is 9.88 Å². The molecule has 1 rings (SSSR count). The van der Waals surface area contributed by atoms with Crippen LogP contribution in [0, 0.1) is 0 Å². The molecule has 16 heavy (non-hydrogen) atoms. The Hall–Kier alpha value is -0.450. The second-order valence-electron chi connectivity index (χ2n) is 4.31. The summed E-state index contributed by atoms with van der Waals surface area (Å²) in [4.78, 5) is 6.62. The third-order valence-electron chi connectivity index (χ3n) is 2.27. The van der Waals surface area contributed by atoms with E-state index in [4.69, 9.17) is 0 Å². The van der Waals surface area contributed by atoms with Gasteiger partial charge in [0.25, 0.3) is 0 Å². The van der Waals surface area contributed by atoms with Crippen LogP contribution in [0.4, 0.5) is 0 Å². The molecule has 0 atom stereocenters. The molecule has 0 saturated heterocycles. The van der Waals surface area contributed by atoms with Gasteiger partial charge in [0.15, 0.2) is 0 Å². The minimum absolute atomic E-state index is 0.555. The van der Waals surface area contributed by atoms with Crippen molar-refractivity contribution in [3.05, 3.63) is 28.5 Å². The van der Waals surface area contributed by atoms with Crippen molar-refractivity contribution < 1.29 is 0 Å². The Morgan fingerprint density at radius 3 is 2.75 bits per heavy atom. The molecule has 1 heterocycles. The molecule has 0 aliphatic carbocycles. The van der Waals surface area contributed by atoms with E-state index in [1.165, 1.54) is 0 Å². The van der Waals surface area contributed by atoms with Crippen molar-refractivity contribution in [3.8, 4) is 0 Å². The summed E-state index contributed by atoms with van der Waals surface area (Å²) in [5.41, 5.74) is 1.11. The molecule has 0 aliphatic rings. The highest BCUT2D eigenvalue weighted by Crippen LogP contribution is 2.08. The molecular weight excluding hydrogens is 266 g/mol. The average Bonchev–Trinajstić information content (AvgIpc) is 2.21. The molecule has 0 amide bonds. The van der Waals surface area contributed by atoms with Gasteiger partial charge >= 0.3 is 0 Å². The van der Waals surface area contributed by atoms with Gasteiger partial charge in [0, 0.05) is 36.3 Å². The van der Waals surface area contributed by atoms with E-state index in [0.29, 0.717) is 6.04 Å². The number of nitrogens with zero attached hydrogens (tertiary/aromatic N) is 2. The second kappa shape index (κ2) is 6.99. The van der Waals surface area contributed by atoms with Gasteiger partial charge < -0.3 is 5.32 Å². The van der Waals surface area contributed by atoms with E-state index in [-0.39, 0.29) is 0 Å². The summed E-state index contributed by atoms with van der Waals surface area (Å²) in [6.07, 6.45) is 1.84. The van der Waals surface area contributed by atoms with Gasteiger partial charge in [-0.25, -0.2) is 0 Å². The highest BCUT2D eigenvalue weighted by atomic mass is 79.9. The van der Waals surface area contributed by atoms with Crippen molar-refractivity contribution >= 4 is 15.9 Å². The van der Waals surface area contributed by atoms with E-state index < -0.39 is 0 Å². The van der Waals surface area contributed by atoms with E-state index >= 15 is 0 Å². The van der Waals surface area contributed by atoms with E-state index in [2.05, 4.69) is 58.1 Å². The molecule has 1 aromatic rings. The third kappa shape index (κ3) is 5.58. The van der Waals surface area contributed by atoms with Gasteiger partial charge in [0.2, 0.25) is 0 Å². The molecule has 1 aromatic heterocycles. The molecule has 4 heteroatoms. The van der Waals surface area contributed by atoms with Crippen LogP contribution in [-0.2, 0) is 6.54 Å². The molecule has 0 saturated carbocycles. The summed E-state index contributed by atoms with van der Waals surface area (Å²) in [5, 5.41) is 3.40. The van der Waals surface area contributed by atoms with Crippen LogP contribution in [0.3, 0.4) is 0 Å². The molecule has 0 spiro atoms. The topological polar surface area (TPSA) is 28.2 Å². The molecule has 0 aliphatic heterocycles. The first-order valence-electron chi connectivity index (χ1n) is 5.60. The van der Waals surface area contributed by atoms with Gasteiger partial charge in [0.1, 0.15) is 0 Å². The maximum absolute atomic E-state index is 4.35. The summed E-state index contributed by atoms with van der Waals surface area (Å²) in [7, 11) is 2.12. The lowest BCUT2D eigenvalue weighted by Gasteiger charge is -2.17. The van der Waals surface area contributed by atoms with Gasteiger partial charge in [0.05, 0.1) is 5.69 Å². The molecule has 0 radical (unpaired) electrons. The molecule has 3 nitrogen and oxygen atoms in total. The number of pyridine rings is 1. The Morgan fingerprint density at radius 1 is 1.44 bits per heavy atom. The smallest absolute Gasteiger partial charge is 0.0544 e. The van der Waals surface area contributed by atoms with Gasteiger partial charge in [-0.05, 0) is 35.1 Å². The van der Waals surface area contributed by atoms with Crippen LogP contribution in [0.2, 0.25) is 0 Å². The standard InChI is InChI=1S/C12H20BrN3/c1-10(2)14-6-7-16(3)9-12-5-4-11(13)8-15-12/h4-5,8,10,14H,6-7,9H2,1-3H3. The SMILES string of the molecule is CC(C)NCCN(C)Cc1ccc(Br)cn1. The molecule has 0 bridgehead atoms. The van der Waals surface area contributed by atoms with Crippen molar-refractivity contribution in [2.75, 3.05) is 20.1 Å². The summed E-state index contributed by atoms with van der Waals surface area (Å²) >= 11 is 3.38. The zero-order valence-electron chi connectivity index (χ0n) is 10.2. The second-order valence-corrected chi connectivity index (χ2v) is 5.23. The minimum atomic E-state index is 0.555. The number of halogens is 1. The highest BCUT2D eigenvalue weighted by Gasteiger charge is 2.01. The monoisotopic (exact) mass is 285 g/mol. The van der Waals surface area contributed by atoms with E-state index in [9.17, 15) is 0 Å². The van der Waals surface area contributed by atoms with Crippen molar-refractivity contribution in [3.63, 3.8) is 0 Å². The van der Waals surface area contributed by atoms with Crippen molar-refractivity contribution in [2.24, 2.45) is 0 Å². The van der Waals surface area contributed by atoms with Crippen LogP contribution in [0.1, 0.15) is 19.5 Å². The average molecular weight is 286 g/mol. The Morgan fingerprint density at radius 2 is 2.19 bits per heavy atom. The summed E-state index contributed by atoms with van der Waals surface area (Å²) < 4.78 is 1.03. The molecule has 0 aromatic carbocycles.